The maximum atomic E-state index is 13.5. The van der Waals surface area contributed by atoms with Crippen LogP contribution in [0.5, 0.6) is 0 Å². The van der Waals surface area contributed by atoms with Crippen molar-refractivity contribution in [3.63, 3.8) is 0 Å². The first kappa shape index (κ1) is 20.1. The van der Waals surface area contributed by atoms with Crippen LogP contribution in [0.25, 0.3) is 22.4 Å². The minimum absolute atomic E-state index is 0.0202. The van der Waals surface area contributed by atoms with Crippen molar-refractivity contribution >= 4 is 17.6 Å². The lowest BCUT2D eigenvalue weighted by Gasteiger charge is -2.27. The Bertz CT molecular complexity index is 1210. The van der Waals surface area contributed by atoms with Gasteiger partial charge in [0.1, 0.15) is 17.3 Å². The van der Waals surface area contributed by atoms with Gasteiger partial charge >= 0.3 is 0 Å². The Morgan fingerprint density at radius 2 is 1.91 bits per heavy atom. The minimum Gasteiger partial charge on any atom is -0.331 e. The average Bonchev–Trinajstić information content (AvgIpc) is 3.59. The highest BCUT2D eigenvalue weighted by Gasteiger charge is 2.30. The highest BCUT2D eigenvalue weighted by Crippen LogP contribution is 2.37. The van der Waals surface area contributed by atoms with Crippen LogP contribution in [0.2, 0.25) is 0 Å². The Hall–Kier alpha value is -3.81. The molecule has 1 fully saturated rings. The van der Waals surface area contributed by atoms with Gasteiger partial charge in [-0.2, -0.15) is 5.10 Å². The number of carbonyl (C=O) groups is 2. The molecule has 2 amide bonds. The lowest BCUT2D eigenvalue weighted by Crippen LogP contribution is -2.37. The number of halogens is 1. The molecule has 3 heterocycles. The second kappa shape index (κ2) is 8.03. The Morgan fingerprint density at radius 3 is 2.62 bits per heavy atom. The van der Waals surface area contributed by atoms with Crippen LogP contribution in [0.3, 0.4) is 0 Å². The van der Waals surface area contributed by atoms with Gasteiger partial charge in [-0.1, -0.05) is 6.58 Å². The van der Waals surface area contributed by atoms with Crippen LogP contribution in [-0.2, 0) is 22.7 Å². The molecule has 8 heteroatoms. The van der Waals surface area contributed by atoms with Gasteiger partial charge in [-0.3, -0.25) is 14.3 Å². The van der Waals surface area contributed by atoms with E-state index in [1.807, 2.05) is 16.8 Å². The molecule has 1 aliphatic carbocycles. The molecule has 1 aliphatic heterocycles. The molecular weight excluding hydrogens is 409 g/mol. The van der Waals surface area contributed by atoms with Crippen LogP contribution in [-0.4, -0.2) is 38.0 Å². The average molecular weight is 431 g/mol. The summed E-state index contributed by atoms with van der Waals surface area (Å²) in [7, 11) is 0. The summed E-state index contributed by atoms with van der Waals surface area (Å²) >= 11 is 0. The molecule has 0 unspecified atom stereocenters. The standard InChI is InChI=1S/C24H22FN5O2/c1-2-21(31)29-11-12-30-19(14-29)22(23(28-30)15-5-7-18(25)8-6-15)17-9-10-26-20(13-17)27-24(32)16-3-4-16/h2,5-10,13,16H,1,3-4,11-12,14H2,(H,26,27,32). The zero-order valence-corrected chi connectivity index (χ0v) is 17.4. The van der Waals surface area contributed by atoms with Crippen molar-refractivity contribution in [1.82, 2.24) is 19.7 Å². The topological polar surface area (TPSA) is 80.1 Å². The molecule has 2 aliphatic rings. The number of hydrogen-bond donors (Lipinski definition) is 1. The highest BCUT2D eigenvalue weighted by molar-refractivity contribution is 5.94. The van der Waals surface area contributed by atoms with Crippen LogP contribution < -0.4 is 5.32 Å². The Balaban J connectivity index is 1.60. The third-order valence-corrected chi connectivity index (χ3v) is 5.83. The fourth-order valence-corrected chi connectivity index (χ4v) is 3.98. The lowest BCUT2D eigenvalue weighted by molar-refractivity contribution is -0.127. The minimum atomic E-state index is -0.323. The van der Waals surface area contributed by atoms with E-state index in [1.54, 1.807) is 23.2 Å². The first-order chi connectivity index (χ1) is 15.5. The molecular formula is C24H22FN5O2. The van der Waals surface area contributed by atoms with E-state index >= 15 is 0 Å². The van der Waals surface area contributed by atoms with E-state index < -0.39 is 0 Å². The van der Waals surface area contributed by atoms with Crippen LogP contribution in [0, 0.1) is 11.7 Å². The van der Waals surface area contributed by atoms with Gasteiger partial charge < -0.3 is 10.2 Å². The largest absolute Gasteiger partial charge is 0.331 e. The molecule has 5 rings (SSSR count). The van der Waals surface area contributed by atoms with Crippen molar-refractivity contribution < 1.29 is 14.0 Å². The third kappa shape index (κ3) is 3.79. The van der Waals surface area contributed by atoms with E-state index in [0.717, 1.165) is 35.2 Å². The Morgan fingerprint density at radius 1 is 1.12 bits per heavy atom. The summed E-state index contributed by atoms with van der Waals surface area (Å²) in [4.78, 5) is 30.5. The van der Waals surface area contributed by atoms with E-state index in [-0.39, 0.29) is 23.5 Å². The summed E-state index contributed by atoms with van der Waals surface area (Å²) in [6, 6.07) is 9.86. The Labute approximate surface area is 184 Å². The van der Waals surface area contributed by atoms with Gasteiger partial charge in [-0.05, 0) is 60.9 Å². The number of aromatic nitrogens is 3. The Kier molecular flexibility index (Phi) is 5.05. The maximum Gasteiger partial charge on any atom is 0.246 e. The summed E-state index contributed by atoms with van der Waals surface area (Å²) in [6.45, 7) is 5.04. The first-order valence-electron chi connectivity index (χ1n) is 10.6. The summed E-state index contributed by atoms with van der Waals surface area (Å²) in [6.07, 6.45) is 4.77. The van der Waals surface area contributed by atoms with Crippen molar-refractivity contribution in [2.45, 2.75) is 25.9 Å². The maximum absolute atomic E-state index is 13.5. The predicted octanol–water partition coefficient (Wildman–Crippen LogP) is 3.63. The van der Waals surface area contributed by atoms with E-state index in [9.17, 15) is 14.0 Å². The van der Waals surface area contributed by atoms with Crippen LogP contribution in [0.15, 0.2) is 55.3 Å². The molecule has 0 atom stereocenters. The van der Waals surface area contributed by atoms with Crippen molar-refractivity contribution in [2.24, 2.45) is 5.92 Å². The van der Waals surface area contributed by atoms with E-state index in [2.05, 4.69) is 16.9 Å². The van der Waals surface area contributed by atoms with Gasteiger partial charge in [0.25, 0.3) is 0 Å². The quantitative estimate of drug-likeness (QED) is 0.626. The number of pyridine rings is 1. The van der Waals surface area contributed by atoms with Crippen molar-refractivity contribution in [1.29, 1.82) is 0 Å². The number of fused-ring (bicyclic) bond motifs is 1. The summed E-state index contributed by atoms with van der Waals surface area (Å²) < 4.78 is 15.4. The number of benzene rings is 1. The normalized spacial score (nSPS) is 15.2. The lowest BCUT2D eigenvalue weighted by atomic mass is 9.98. The van der Waals surface area contributed by atoms with Gasteiger partial charge in [0, 0.05) is 29.8 Å². The molecule has 0 radical (unpaired) electrons. The van der Waals surface area contributed by atoms with Crippen LogP contribution in [0.4, 0.5) is 10.2 Å². The monoisotopic (exact) mass is 431 g/mol. The van der Waals surface area contributed by atoms with Gasteiger partial charge in [-0.25, -0.2) is 9.37 Å². The number of hydrogen-bond acceptors (Lipinski definition) is 4. The molecule has 162 valence electrons. The summed E-state index contributed by atoms with van der Waals surface area (Å²) in [5, 5.41) is 7.68. The molecule has 0 spiro atoms. The molecule has 0 bridgehead atoms. The second-order valence-electron chi connectivity index (χ2n) is 8.06. The fourth-order valence-electron chi connectivity index (χ4n) is 3.98. The zero-order valence-electron chi connectivity index (χ0n) is 17.4. The molecule has 1 N–H and O–H groups in total. The van der Waals surface area contributed by atoms with Crippen LogP contribution in [0.1, 0.15) is 18.5 Å². The molecule has 1 saturated carbocycles. The zero-order chi connectivity index (χ0) is 22.2. The molecule has 3 aromatic rings. The van der Waals surface area contributed by atoms with Crippen LogP contribution >= 0.6 is 0 Å². The van der Waals surface area contributed by atoms with Gasteiger partial charge in [0.2, 0.25) is 11.8 Å². The number of rotatable bonds is 5. The third-order valence-electron chi connectivity index (χ3n) is 5.83. The molecule has 1 aromatic carbocycles. The fraction of sp³-hybridized carbons (Fsp3) is 0.250. The van der Waals surface area contributed by atoms with E-state index in [1.165, 1.54) is 18.2 Å². The number of carbonyl (C=O) groups excluding carboxylic acids is 2. The summed E-state index contributed by atoms with van der Waals surface area (Å²) in [5.74, 6) is 0.0555. The van der Waals surface area contributed by atoms with Gasteiger partial charge in [0.05, 0.1) is 18.8 Å². The molecule has 7 nitrogen and oxygen atoms in total. The molecule has 2 aromatic heterocycles. The van der Waals surface area contributed by atoms with Gasteiger partial charge in [0.15, 0.2) is 0 Å². The molecule has 0 saturated heterocycles. The van der Waals surface area contributed by atoms with Crippen molar-refractivity contribution in [3.8, 4) is 22.4 Å². The highest BCUT2D eigenvalue weighted by atomic mass is 19.1. The van der Waals surface area contributed by atoms with Crippen molar-refractivity contribution in [2.75, 3.05) is 11.9 Å². The SMILES string of the molecule is C=CC(=O)N1CCn2nc(-c3ccc(F)cc3)c(-c3ccnc(NC(=O)C4CC4)c3)c2C1. The summed E-state index contributed by atoms with van der Waals surface area (Å²) in [5.41, 5.74) is 3.99. The molecule has 32 heavy (non-hydrogen) atoms. The second-order valence-corrected chi connectivity index (χ2v) is 8.06. The van der Waals surface area contributed by atoms with E-state index in [4.69, 9.17) is 5.10 Å². The predicted molar refractivity (Wildman–Crippen MR) is 118 cm³/mol. The number of anilines is 1. The van der Waals surface area contributed by atoms with Crippen molar-refractivity contribution in [3.05, 3.63) is 66.8 Å². The van der Waals surface area contributed by atoms with E-state index in [0.29, 0.717) is 31.1 Å². The number of nitrogens with zero attached hydrogens (tertiary/aromatic N) is 4. The first-order valence-corrected chi connectivity index (χ1v) is 10.6. The number of nitrogens with one attached hydrogen (secondary N) is 1. The number of amides is 2. The smallest absolute Gasteiger partial charge is 0.246 e. The van der Waals surface area contributed by atoms with Gasteiger partial charge in [-0.15, -0.1) is 0 Å².